The Morgan fingerprint density at radius 1 is 1.31 bits per heavy atom. The summed E-state index contributed by atoms with van der Waals surface area (Å²) in [5.41, 5.74) is 1.55. The zero-order valence-corrected chi connectivity index (χ0v) is 9.34. The molecule has 1 atom stereocenters. The minimum atomic E-state index is 0.343. The van der Waals surface area contributed by atoms with Crippen LogP contribution >= 0.6 is 0 Å². The smallest absolute Gasteiger partial charge is 0.0433 e. The molecule has 78 valence electrons. The van der Waals surface area contributed by atoms with Crippen LogP contribution in [0, 0.1) is 5.92 Å². The van der Waals surface area contributed by atoms with E-state index in [2.05, 4.69) is 26.8 Å². The van der Waals surface area contributed by atoms with Crippen molar-refractivity contribution in [1.82, 2.24) is 0 Å². The first-order chi connectivity index (χ1) is 6.28. The quantitative estimate of drug-likeness (QED) is 0.600. The predicted octanol–water partition coefficient (Wildman–Crippen LogP) is 3.53. The molecule has 0 amide bonds. The van der Waals surface area contributed by atoms with Crippen LogP contribution in [0.3, 0.4) is 0 Å². The van der Waals surface area contributed by atoms with Crippen LogP contribution in [-0.2, 0) is 0 Å². The van der Waals surface area contributed by atoms with Crippen LogP contribution in [0.2, 0.25) is 0 Å². The van der Waals surface area contributed by atoms with E-state index in [1.807, 2.05) is 0 Å². The molecule has 0 spiro atoms. The molecule has 1 unspecified atom stereocenters. The molecular formula is C12H24O. The van der Waals surface area contributed by atoms with Gasteiger partial charge < -0.3 is 5.11 Å². The lowest BCUT2D eigenvalue weighted by Crippen LogP contribution is -2.02. The van der Waals surface area contributed by atoms with Gasteiger partial charge in [-0.1, -0.05) is 31.9 Å². The molecule has 0 aromatic carbocycles. The van der Waals surface area contributed by atoms with Crippen LogP contribution < -0.4 is 0 Å². The number of allylic oxidation sites excluding steroid dienone is 2. The first kappa shape index (κ1) is 12.7. The molecule has 0 aromatic rings. The summed E-state index contributed by atoms with van der Waals surface area (Å²) in [4.78, 5) is 0. The zero-order chi connectivity index (χ0) is 10.1. The second-order valence-electron chi connectivity index (χ2n) is 3.63. The standard InChI is InChI=1S/C12H24O/c1-4-11(5-2)7-8-12(6-3)9-10-13/h4,12-13H,5-10H2,1-3H3/b11-4+. The van der Waals surface area contributed by atoms with Gasteiger partial charge >= 0.3 is 0 Å². The largest absolute Gasteiger partial charge is 0.396 e. The molecule has 0 aliphatic rings. The Balaban J connectivity index is 3.70. The van der Waals surface area contributed by atoms with E-state index in [4.69, 9.17) is 5.11 Å². The highest BCUT2D eigenvalue weighted by Gasteiger charge is 2.05. The third kappa shape index (κ3) is 5.87. The molecule has 0 aliphatic carbocycles. The first-order valence-electron chi connectivity index (χ1n) is 5.53. The fourth-order valence-electron chi connectivity index (χ4n) is 1.65. The van der Waals surface area contributed by atoms with E-state index in [1.165, 1.54) is 25.7 Å². The van der Waals surface area contributed by atoms with Crippen molar-refractivity contribution in [1.29, 1.82) is 0 Å². The van der Waals surface area contributed by atoms with Crippen molar-refractivity contribution in [2.24, 2.45) is 5.92 Å². The van der Waals surface area contributed by atoms with Crippen molar-refractivity contribution < 1.29 is 5.11 Å². The topological polar surface area (TPSA) is 20.2 Å². The van der Waals surface area contributed by atoms with Crippen molar-refractivity contribution in [2.45, 2.75) is 52.9 Å². The highest BCUT2D eigenvalue weighted by atomic mass is 16.3. The summed E-state index contributed by atoms with van der Waals surface area (Å²) >= 11 is 0. The Labute approximate surface area is 82.9 Å². The average molecular weight is 184 g/mol. The highest BCUT2D eigenvalue weighted by molar-refractivity contribution is 4.99. The van der Waals surface area contributed by atoms with Gasteiger partial charge in [0.25, 0.3) is 0 Å². The Morgan fingerprint density at radius 2 is 2.00 bits per heavy atom. The molecule has 0 bridgehead atoms. The van der Waals surface area contributed by atoms with E-state index in [1.54, 1.807) is 5.57 Å². The average Bonchev–Trinajstić information content (AvgIpc) is 2.17. The van der Waals surface area contributed by atoms with Gasteiger partial charge in [0.05, 0.1) is 0 Å². The van der Waals surface area contributed by atoms with Crippen LogP contribution in [-0.4, -0.2) is 11.7 Å². The summed E-state index contributed by atoms with van der Waals surface area (Å²) in [6.45, 7) is 6.88. The molecular weight excluding hydrogens is 160 g/mol. The fourth-order valence-corrected chi connectivity index (χ4v) is 1.65. The fraction of sp³-hybridized carbons (Fsp3) is 0.833. The van der Waals surface area contributed by atoms with Crippen LogP contribution in [0.5, 0.6) is 0 Å². The van der Waals surface area contributed by atoms with Gasteiger partial charge in [0.1, 0.15) is 0 Å². The van der Waals surface area contributed by atoms with E-state index in [0.717, 1.165) is 6.42 Å². The summed E-state index contributed by atoms with van der Waals surface area (Å²) < 4.78 is 0. The minimum absolute atomic E-state index is 0.343. The number of rotatable bonds is 7. The lowest BCUT2D eigenvalue weighted by atomic mass is 9.94. The van der Waals surface area contributed by atoms with E-state index in [0.29, 0.717) is 12.5 Å². The molecule has 0 saturated heterocycles. The molecule has 1 N–H and O–H groups in total. The number of aliphatic hydroxyl groups is 1. The monoisotopic (exact) mass is 184 g/mol. The SMILES string of the molecule is C/C=C(\CC)CCC(CC)CCO. The van der Waals surface area contributed by atoms with Crippen LogP contribution in [0.4, 0.5) is 0 Å². The number of hydrogen-bond acceptors (Lipinski definition) is 1. The van der Waals surface area contributed by atoms with Gasteiger partial charge in [-0.05, 0) is 38.5 Å². The Bertz CT molecular complexity index is 138. The summed E-state index contributed by atoms with van der Waals surface area (Å²) in [5.74, 6) is 0.714. The van der Waals surface area contributed by atoms with Gasteiger partial charge in [0, 0.05) is 6.61 Å². The lowest BCUT2D eigenvalue weighted by molar-refractivity contribution is 0.249. The van der Waals surface area contributed by atoms with Gasteiger partial charge in [-0.2, -0.15) is 0 Å². The molecule has 1 nitrogen and oxygen atoms in total. The van der Waals surface area contributed by atoms with E-state index in [9.17, 15) is 0 Å². The molecule has 0 aromatic heterocycles. The predicted molar refractivity (Wildman–Crippen MR) is 58.8 cm³/mol. The van der Waals surface area contributed by atoms with Gasteiger partial charge in [-0.15, -0.1) is 0 Å². The summed E-state index contributed by atoms with van der Waals surface area (Å²) in [5, 5.41) is 8.83. The van der Waals surface area contributed by atoms with E-state index < -0.39 is 0 Å². The molecule has 0 rings (SSSR count). The summed E-state index contributed by atoms with van der Waals surface area (Å²) in [6.07, 6.45) is 8.02. The van der Waals surface area contributed by atoms with Crippen molar-refractivity contribution >= 4 is 0 Å². The van der Waals surface area contributed by atoms with Gasteiger partial charge in [-0.25, -0.2) is 0 Å². The summed E-state index contributed by atoms with van der Waals surface area (Å²) in [6, 6.07) is 0. The van der Waals surface area contributed by atoms with Crippen LogP contribution in [0.25, 0.3) is 0 Å². The van der Waals surface area contributed by atoms with Crippen molar-refractivity contribution in [3.63, 3.8) is 0 Å². The highest BCUT2D eigenvalue weighted by Crippen LogP contribution is 2.19. The van der Waals surface area contributed by atoms with Gasteiger partial charge in [0.15, 0.2) is 0 Å². The van der Waals surface area contributed by atoms with E-state index in [-0.39, 0.29) is 0 Å². The maximum atomic E-state index is 8.83. The molecule has 13 heavy (non-hydrogen) atoms. The Kier molecular flexibility index (Phi) is 8.11. The normalized spacial score (nSPS) is 14.6. The molecule has 0 radical (unpaired) electrons. The first-order valence-corrected chi connectivity index (χ1v) is 5.53. The second kappa shape index (κ2) is 8.31. The minimum Gasteiger partial charge on any atom is -0.396 e. The van der Waals surface area contributed by atoms with Crippen LogP contribution in [0.1, 0.15) is 52.9 Å². The van der Waals surface area contributed by atoms with Crippen molar-refractivity contribution in [3.05, 3.63) is 11.6 Å². The van der Waals surface area contributed by atoms with Crippen molar-refractivity contribution in [3.8, 4) is 0 Å². The third-order valence-corrected chi connectivity index (χ3v) is 2.85. The zero-order valence-electron chi connectivity index (χ0n) is 9.34. The molecule has 0 aliphatic heterocycles. The Hall–Kier alpha value is -0.300. The molecule has 0 heterocycles. The second-order valence-corrected chi connectivity index (χ2v) is 3.63. The van der Waals surface area contributed by atoms with Crippen molar-refractivity contribution in [2.75, 3.05) is 6.61 Å². The maximum absolute atomic E-state index is 8.83. The lowest BCUT2D eigenvalue weighted by Gasteiger charge is -2.13. The summed E-state index contributed by atoms with van der Waals surface area (Å²) in [7, 11) is 0. The van der Waals surface area contributed by atoms with Gasteiger partial charge in [-0.3, -0.25) is 0 Å². The van der Waals surface area contributed by atoms with E-state index >= 15 is 0 Å². The maximum Gasteiger partial charge on any atom is 0.0433 e. The third-order valence-electron chi connectivity index (χ3n) is 2.85. The number of aliphatic hydroxyl groups excluding tert-OH is 1. The van der Waals surface area contributed by atoms with Crippen LogP contribution in [0.15, 0.2) is 11.6 Å². The molecule has 0 fully saturated rings. The molecule has 1 heteroatoms. The number of hydrogen-bond donors (Lipinski definition) is 1. The Morgan fingerprint density at radius 3 is 2.38 bits per heavy atom. The van der Waals surface area contributed by atoms with Gasteiger partial charge in [0.2, 0.25) is 0 Å². The molecule has 0 saturated carbocycles.